The predicted molar refractivity (Wildman–Crippen MR) is 147 cm³/mol. The number of aromatic nitrogens is 4. The van der Waals surface area contributed by atoms with Gasteiger partial charge in [0.2, 0.25) is 0 Å². The normalized spacial score (nSPS) is 15.6. The molecule has 4 rings (SSSR count). The number of halogens is 4. The number of fused-ring (bicyclic) bond motifs is 1. The van der Waals surface area contributed by atoms with Crippen LogP contribution in [0.15, 0.2) is 72.4 Å². The standard InChI is InChI=1S/C28H27ClF3N7O/c1-19(4-6-22(20(2)28(30,31)32)18-38-12-10-37(3)11-13-38)35-27(40)23-14-21(15-33-16-23)5-7-24-17-34-26-9-8-25(29)36-39(24)26/h4,6,8-9,14-17H,2,10-13,18H2,1,3H3,(H,35,40)/b19-4+,22-6-. The van der Waals surface area contributed by atoms with E-state index in [9.17, 15) is 18.0 Å². The number of alkyl halides is 3. The summed E-state index contributed by atoms with van der Waals surface area (Å²) in [5.74, 6) is 5.40. The monoisotopic (exact) mass is 569 g/mol. The van der Waals surface area contributed by atoms with Crippen LogP contribution in [-0.4, -0.2) is 81.2 Å². The second kappa shape index (κ2) is 12.5. The molecule has 40 heavy (non-hydrogen) atoms. The highest BCUT2D eigenvalue weighted by Gasteiger charge is 2.34. The van der Waals surface area contributed by atoms with E-state index in [2.05, 4.69) is 43.7 Å². The molecule has 1 saturated heterocycles. The van der Waals surface area contributed by atoms with Gasteiger partial charge in [-0.1, -0.05) is 30.2 Å². The lowest BCUT2D eigenvalue weighted by atomic mass is 10.1. The summed E-state index contributed by atoms with van der Waals surface area (Å²) < 4.78 is 41.9. The third-order valence-corrected chi connectivity index (χ3v) is 6.43. The maximum Gasteiger partial charge on any atom is 0.416 e. The van der Waals surface area contributed by atoms with E-state index >= 15 is 0 Å². The van der Waals surface area contributed by atoms with Gasteiger partial charge in [0.05, 0.1) is 17.3 Å². The molecule has 208 valence electrons. The summed E-state index contributed by atoms with van der Waals surface area (Å²) in [6, 6.07) is 4.90. The molecule has 4 heterocycles. The topological polar surface area (TPSA) is 78.7 Å². The largest absolute Gasteiger partial charge is 0.416 e. The van der Waals surface area contributed by atoms with Crippen molar-refractivity contribution in [3.8, 4) is 11.8 Å². The molecule has 0 aliphatic carbocycles. The van der Waals surface area contributed by atoms with Crippen LogP contribution >= 0.6 is 11.6 Å². The third kappa shape index (κ3) is 7.57. The second-order valence-electron chi connectivity index (χ2n) is 9.33. The zero-order chi connectivity index (χ0) is 28.9. The van der Waals surface area contributed by atoms with E-state index in [4.69, 9.17) is 11.6 Å². The SMILES string of the molecule is C=C(/C(=C\C=C(/C)NC(=O)c1cncc(C#Cc2cnc3ccc(Cl)nn23)c1)CN1CCN(C)CC1)C(F)(F)F. The van der Waals surface area contributed by atoms with Crippen molar-refractivity contribution in [2.45, 2.75) is 13.1 Å². The molecule has 1 N–H and O–H groups in total. The Labute approximate surface area is 234 Å². The number of piperazine rings is 1. The van der Waals surface area contributed by atoms with Crippen molar-refractivity contribution in [2.75, 3.05) is 39.8 Å². The molecule has 3 aromatic rings. The van der Waals surface area contributed by atoms with Crippen molar-refractivity contribution in [1.29, 1.82) is 0 Å². The highest BCUT2D eigenvalue weighted by Crippen LogP contribution is 2.30. The van der Waals surface area contributed by atoms with Gasteiger partial charge >= 0.3 is 6.18 Å². The number of carbonyl (C=O) groups excluding carboxylic acids is 1. The van der Waals surface area contributed by atoms with E-state index in [0.29, 0.717) is 40.8 Å². The fourth-order valence-corrected chi connectivity index (χ4v) is 4.04. The first-order valence-corrected chi connectivity index (χ1v) is 12.7. The van der Waals surface area contributed by atoms with Gasteiger partial charge in [-0.05, 0) is 49.7 Å². The fraction of sp³-hybridized carbons (Fsp3) is 0.286. The van der Waals surface area contributed by atoms with Crippen LogP contribution < -0.4 is 5.32 Å². The molecule has 1 aliphatic heterocycles. The number of hydrogen-bond donors (Lipinski definition) is 1. The van der Waals surface area contributed by atoms with Crippen LogP contribution in [0, 0.1) is 11.8 Å². The van der Waals surface area contributed by atoms with Gasteiger partial charge in [0.25, 0.3) is 5.91 Å². The van der Waals surface area contributed by atoms with E-state index in [-0.39, 0.29) is 17.7 Å². The zero-order valence-corrected chi connectivity index (χ0v) is 22.7. The molecule has 8 nitrogen and oxygen atoms in total. The molecule has 0 bridgehead atoms. The van der Waals surface area contributed by atoms with E-state index in [1.165, 1.54) is 29.1 Å². The molecule has 1 aliphatic rings. The summed E-state index contributed by atoms with van der Waals surface area (Å²) in [4.78, 5) is 25.2. The summed E-state index contributed by atoms with van der Waals surface area (Å²) in [6.07, 6.45) is 2.70. The van der Waals surface area contributed by atoms with Crippen molar-refractivity contribution in [1.82, 2.24) is 34.7 Å². The molecule has 0 atom stereocenters. The molecule has 0 unspecified atom stereocenters. The minimum atomic E-state index is -4.55. The molecular weight excluding hydrogens is 543 g/mol. The number of allylic oxidation sites excluding steroid dienone is 3. The quantitative estimate of drug-likeness (QED) is 0.356. The highest BCUT2D eigenvalue weighted by molar-refractivity contribution is 6.29. The molecule has 0 radical (unpaired) electrons. The van der Waals surface area contributed by atoms with Crippen molar-refractivity contribution >= 4 is 23.2 Å². The number of carbonyl (C=O) groups is 1. The predicted octanol–water partition coefficient (Wildman–Crippen LogP) is 4.10. The van der Waals surface area contributed by atoms with E-state index < -0.39 is 17.7 Å². The maximum atomic E-state index is 13.5. The van der Waals surface area contributed by atoms with Crippen LogP contribution in [0.2, 0.25) is 5.15 Å². The third-order valence-electron chi connectivity index (χ3n) is 6.23. The average molecular weight is 570 g/mol. The van der Waals surface area contributed by atoms with Crippen molar-refractivity contribution in [3.05, 3.63) is 94.3 Å². The van der Waals surface area contributed by atoms with Gasteiger partial charge in [-0.2, -0.15) is 18.3 Å². The minimum absolute atomic E-state index is 0.0489. The molecule has 12 heteroatoms. The number of likely N-dealkylation sites (N-methyl/N-ethyl adjacent to an activating group) is 1. The summed E-state index contributed by atoms with van der Waals surface area (Å²) in [6.45, 7) is 7.86. The van der Waals surface area contributed by atoms with E-state index in [1.54, 1.807) is 31.3 Å². The number of pyridine rings is 1. The first-order chi connectivity index (χ1) is 19.0. The van der Waals surface area contributed by atoms with Gasteiger partial charge in [-0.25, -0.2) is 9.50 Å². The number of rotatable bonds is 6. The van der Waals surface area contributed by atoms with Crippen LogP contribution in [0.25, 0.3) is 5.65 Å². The Morgan fingerprint density at radius 1 is 1.15 bits per heavy atom. The minimum Gasteiger partial charge on any atom is -0.326 e. The molecule has 0 saturated carbocycles. The zero-order valence-electron chi connectivity index (χ0n) is 22.0. The summed E-state index contributed by atoms with van der Waals surface area (Å²) >= 11 is 5.96. The lowest BCUT2D eigenvalue weighted by Crippen LogP contribution is -2.45. The Bertz CT molecular complexity index is 1540. The molecule has 3 aromatic heterocycles. The fourth-order valence-electron chi connectivity index (χ4n) is 3.90. The summed E-state index contributed by atoms with van der Waals surface area (Å²) in [5, 5.41) is 7.15. The van der Waals surface area contributed by atoms with Crippen LogP contribution in [0.3, 0.4) is 0 Å². The molecule has 0 aromatic carbocycles. The Kier molecular flexibility index (Phi) is 9.04. The smallest absolute Gasteiger partial charge is 0.326 e. The number of nitrogens with one attached hydrogen (secondary N) is 1. The average Bonchev–Trinajstić information content (AvgIpc) is 3.32. The van der Waals surface area contributed by atoms with Crippen LogP contribution in [0.4, 0.5) is 13.2 Å². The van der Waals surface area contributed by atoms with Crippen molar-refractivity contribution < 1.29 is 18.0 Å². The Morgan fingerprint density at radius 2 is 1.90 bits per heavy atom. The summed E-state index contributed by atoms with van der Waals surface area (Å²) in [5.41, 5.74) is 1.31. The highest BCUT2D eigenvalue weighted by atomic mass is 35.5. The lowest BCUT2D eigenvalue weighted by molar-refractivity contribution is -0.0894. The number of hydrogen-bond acceptors (Lipinski definition) is 6. The van der Waals surface area contributed by atoms with Crippen LogP contribution in [-0.2, 0) is 0 Å². The van der Waals surface area contributed by atoms with Gasteiger partial charge in [0.15, 0.2) is 5.65 Å². The van der Waals surface area contributed by atoms with Crippen molar-refractivity contribution in [3.63, 3.8) is 0 Å². The summed E-state index contributed by atoms with van der Waals surface area (Å²) in [7, 11) is 1.98. The van der Waals surface area contributed by atoms with E-state index in [0.717, 1.165) is 13.1 Å². The first-order valence-electron chi connectivity index (χ1n) is 12.3. The van der Waals surface area contributed by atoms with Gasteiger partial charge < -0.3 is 10.2 Å². The van der Waals surface area contributed by atoms with Gasteiger partial charge in [0, 0.05) is 56.4 Å². The molecular formula is C28H27ClF3N7O. The van der Waals surface area contributed by atoms with Crippen molar-refractivity contribution in [2.24, 2.45) is 0 Å². The maximum absolute atomic E-state index is 13.5. The lowest BCUT2D eigenvalue weighted by Gasteiger charge is -2.33. The molecule has 1 fully saturated rings. The molecule has 1 amide bonds. The van der Waals surface area contributed by atoms with Crippen LogP contribution in [0.5, 0.6) is 0 Å². The Balaban J connectivity index is 1.47. The number of nitrogens with zero attached hydrogens (tertiary/aromatic N) is 6. The van der Waals surface area contributed by atoms with Gasteiger partial charge in [0.1, 0.15) is 10.8 Å². The Morgan fingerprint density at radius 3 is 2.62 bits per heavy atom. The number of imidazole rings is 1. The Hall–Kier alpha value is -3.98. The number of amides is 1. The molecule has 0 spiro atoms. The van der Waals surface area contributed by atoms with Crippen LogP contribution in [0.1, 0.15) is 28.5 Å². The first kappa shape index (κ1) is 29.0. The van der Waals surface area contributed by atoms with Gasteiger partial charge in [-0.15, -0.1) is 0 Å². The van der Waals surface area contributed by atoms with E-state index in [1.807, 2.05) is 11.9 Å². The van der Waals surface area contributed by atoms with Gasteiger partial charge in [-0.3, -0.25) is 14.7 Å². The second-order valence-corrected chi connectivity index (χ2v) is 9.72.